The summed E-state index contributed by atoms with van der Waals surface area (Å²) in [6, 6.07) is 10.00. The standard InChI is InChI=1S/C19H17FN2O2/c20-16-3-1-12(2-4-16)5-7-21-19(24)15-9-13-6-8-22-17(23)11-14(10-15)18(13)22/h1-4,9-10H,5-8,11H2,(H,21,24). The van der Waals surface area contributed by atoms with Gasteiger partial charge >= 0.3 is 0 Å². The van der Waals surface area contributed by atoms with E-state index in [-0.39, 0.29) is 17.6 Å². The first-order valence-electron chi connectivity index (χ1n) is 8.10. The minimum absolute atomic E-state index is 0.123. The molecular weight excluding hydrogens is 307 g/mol. The molecule has 2 heterocycles. The summed E-state index contributed by atoms with van der Waals surface area (Å²) >= 11 is 0. The monoisotopic (exact) mass is 324 g/mol. The van der Waals surface area contributed by atoms with Crippen molar-refractivity contribution in [3.8, 4) is 0 Å². The summed E-state index contributed by atoms with van der Waals surface area (Å²) in [5.41, 5.74) is 4.65. The number of carbonyl (C=O) groups is 2. The fourth-order valence-corrected chi connectivity index (χ4v) is 3.49. The van der Waals surface area contributed by atoms with Gasteiger partial charge in [-0.1, -0.05) is 12.1 Å². The summed E-state index contributed by atoms with van der Waals surface area (Å²) in [5, 5.41) is 2.90. The molecule has 2 aromatic carbocycles. The Labute approximate surface area is 139 Å². The van der Waals surface area contributed by atoms with Crippen molar-refractivity contribution in [2.75, 3.05) is 18.0 Å². The van der Waals surface area contributed by atoms with Crippen LogP contribution in [0.3, 0.4) is 0 Å². The number of halogens is 1. The fraction of sp³-hybridized carbons (Fsp3) is 0.263. The minimum Gasteiger partial charge on any atom is -0.352 e. The van der Waals surface area contributed by atoms with E-state index in [1.807, 2.05) is 17.0 Å². The molecule has 122 valence electrons. The molecule has 2 aliphatic rings. The Morgan fingerprint density at radius 3 is 2.71 bits per heavy atom. The third-order valence-corrected chi connectivity index (χ3v) is 4.66. The van der Waals surface area contributed by atoms with Crippen LogP contribution in [0.15, 0.2) is 36.4 Å². The molecule has 5 heteroatoms. The van der Waals surface area contributed by atoms with E-state index in [9.17, 15) is 14.0 Å². The first kappa shape index (κ1) is 14.9. The summed E-state index contributed by atoms with van der Waals surface area (Å²) in [6.45, 7) is 1.21. The van der Waals surface area contributed by atoms with E-state index in [1.165, 1.54) is 12.1 Å². The number of benzene rings is 2. The van der Waals surface area contributed by atoms with Gasteiger partial charge in [0.25, 0.3) is 5.91 Å². The third kappa shape index (κ3) is 2.56. The summed E-state index contributed by atoms with van der Waals surface area (Å²) in [7, 11) is 0. The van der Waals surface area contributed by atoms with E-state index in [1.54, 1.807) is 12.1 Å². The fourth-order valence-electron chi connectivity index (χ4n) is 3.49. The van der Waals surface area contributed by atoms with Gasteiger partial charge in [-0.05, 0) is 53.8 Å². The summed E-state index contributed by atoms with van der Waals surface area (Å²) < 4.78 is 12.9. The first-order valence-corrected chi connectivity index (χ1v) is 8.10. The van der Waals surface area contributed by atoms with Crippen molar-refractivity contribution in [2.24, 2.45) is 0 Å². The van der Waals surface area contributed by atoms with Gasteiger partial charge in [-0.3, -0.25) is 9.59 Å². The molecule has 2 aliphatic heterocycles. The molecule has 24 heavy (non-hydrogen) atoms. The van der Waals surface area contributed by atoms with Crippen LogP contribution in [-0.2, 0) is 24.1 Å². The Balaban J connectivity index is 1.43. The van der Waals surface area contributed by atoms with Crippen LogP contribution in [-0.4, -0.2) is 24.9 Å². The average molecular weight is 324 g/mol. The highest BCUT2D eigenvalue weighted by Crippen LogP contribution is 2.38. The molecule has 0 radical (unpaired) electrons. The van der Waals surface area contributed by atoms with E-state index in [4.69, 9.17) is 0 Å². The zero-order valence-electron chi connectivity index (χ0n) is 13.1. The van der Waals surface area contributed by atoms with Crippen LogP contribution in [0.2, 0.25) is 0 Å². The van der Waals surface area contributed by atoms with Gasteiger partial charge in [0.2, 0.25) is 5.91 Å². The lowest BCUT2D eigenvalue weighted by atomic mass is 10.0. The van der Waals surface area contributed by atoms with Crippen molar-refractivity contribution >= 4 is 17.5 Å². The van der Waals surface area contributed by atoms with Gasteiger partial charge in [-0.2, -0.15) is 0 Å². The van der Waals surface area contributed by atoms with E-state index < -0.39 is 0 Å². The zero-order valence-corrected chi connectivity index (χ0v) is 13.1. The number of amides is 2. The normalized spacial score (nSPS) is 14.9. The van der Waals surface area contributed by atoms with Crippen LogP contribution in [0.25, 0.3) is 0 Å². The predicted molar refractivity (Wildman–Crippen MR) is 88.6 cm³/mol. The molecule has 0 saturated carbocycles. The number of nitrogens with zero attached hydrogens (tertiary/aromatic N) is 1. The summed E-state index contributed by atoms with van der Waals surface area (Å²) in [5.74, 6) is -0.269. The van der Waals surface area contributed by atoms with E-state index in [0.717, 1.165) is 35.3 Å². The van der Waals surface area contributed by atoms with Crippen LogP contribution in [0, 0.1) is 5.82 Å². The Hall–Kier alpha value is -2.69. The highest BCUT2D eigenvalue weighted by atomic mass is 19.1. The van der Waals surface area contributed by atoms with Gasteiger partial charge in [-0.15, -0.1) is 0 Å². The maximum absolute atomic E-state index is 12.9. The number of carbonyl (C=O) groups excluding carboxylic acids is 2. The molecule has 0 unspecified atom stereocenters. The maximum Gasteiger partial charge on any atom is 0.251 e. The molecule has 0 fully saturated rings. The molecule has 2 aromatic rings. The largest absolute Gasteiger partial charge is 0.352 e. The lowest BCUT2D eigenvalue weighted by molar-refractivity contribution is -0.117. The average Bonchev–Trinajstić information content (AvgIpc) is 3.14. The number of anilines is 1. The van der Waals surface area contributed by atoms with Crippen molar-refractivity contribution < 1.29 is 14.0 Å². The molecule has 0 bridgehead atoms. The van der Waals surface area contributed by atoms with Crippen molar-refractivity contribution in [2.45, 2.75) is 19.3 Å². The van der Waals surface area contributed by atoms with Gasteiger partial charge in [0.15, 0.2) is 0 Å². The van der Waals surface area contributed by atoms with Gasteiger partial charge in [0, 0.05) is 18.7 Å². The molecule has 0 saturated heterocycles. The first-order chi connectivity index (χ1) is 11.6. The van der Waals surface area contributed by atoms with E-state index in [0.29, 0.717) is 24.9 Å². The zero-order chi connectivity index (χ0) is 16.7. The highest BCUT2D eigenvalue weighted by Gasteiger charge is 2.34. The van der Waals surface area contributed by atoms with E-state index >= 15 is 0 Å². The Morgan fingerprint density at radius 1 is 1.17 bits per heavy atom. The van der Waals surface area contributed by atoms with Crippen LogP contribution < -0.4 is 10.2 Å². The lowest BCUT2D eigenvalue weighted by Gasteiger charge is -2.10. The quantitative estimate of drug-likeness (QED) is 0.938. The van der Waals surface area contributed by atoms with Crippen molar-refractivity contribution in [1.82, 2.24) is 5.32 Å². The van der Waals surface area contributed by atoms with Gasteiger partial charge < -0.3 is 10.2 Å². The lowest BCUT2D eigenvalue weighted by Crippen LogP contribution is -2.26. The Morgan fingerprint density at radius 2 is 1.92 bits per heavy atom. The molecule has 2 amide bonds. The molecular formula is C19H17FN2O2. The molecule has 0 spiro atoms. The summed E-state index contributed by atoms with van der Waals surface area (Å²) in [6.07, 6.45) is 1.85. The van der Waals surface area contributed by atoms with Gasteiger partial charge in [0.05, 0.1) is 12.1 Å². The summed E-state index contributed by atoms with van der Waals surface area (Å²) in [4.78, 5) is 26.1. The topological polar surface area (TPSA) is 49.4 Å². The highest BCUT2D eigenvalue weighted by molar-refractivity contribution is 6.05. The minimum atomic E-state index is -0.262. The second kappa shape index (κ2) is 5.74. The second-order valence-electron chi connectivity index (χ2n) is 6.25. The van der Waals surface area contributed by atoms with Gasteiger partial charge in [0.1, 0.15) is 5.82 Å². The molecule has 4 nitrogen and oxygen atoms in total. The predicted octanol–water partition coefficient (Wildman–Crippen LogP) is 2.24. The Kier molecular flexibility index (Phi) is 3.56. The van der Waals surface area contributed by atoms with Crippen molar-refractivity contribution in [3.63, 3.8) is 0 Å². The van der Waals surface area contributed by atoms with Crippen LogP contribution in [0.5, 0.6) is 0 Å². The van der Waals surface area contributed by atoms with Crippen LogP contribution in [0.1, 0.15) is 27.0 Å². The number of hydrogen-bond donors (Lipinski definition) is 1. The Bertz CT molecular complexity index is 830. The van der Waals surface area contributed by atoms with Gasteiger partial charge in [-0.25, -0.2) is 4.39 Å². The molecule has 4 rings (SSSR count). The third-order valence-electron chi connectivity index (χ3n) is 4.66. The van der Waals surface area contributed by atoms with Crippen LogP contribution in [0.4, 0.5) is 10.1 Å². The van der Waals surface area contributed by atoms with E-state index in [2.05, 4.69) is 5.32 Å². The molecule has 1 N–H and O–H groups in total. The molecule has 0 aromatic heterocycles. The SMILES string of the molecule is O=C(NCCc1ccc(F)cc1)c1cc2c3c(c1)CC(=O)N3CC2. The van der Waals surface area contributed by atoms with Crippen LogP contribution >= 0.6 is 0 Å². The van der Waals surface area contributed by atoms with Crippen molar-refractivity contribution in [3.05, 3.63) is 64.5 Å². The molecule has 0 atom stereocenters. The second-order valence-corrected chi connectivity index (χ2v) is 6.25. The number of rotatable bonds is 4. The number of nitrogens with one attached hydrogen (secondary N) is 1. The maximum atomic E-state index is 12.9. The molecule has 0 aliphatic carbocycles. The number of hydrogen-bond acceptors (Lipinski definition) is 2. The smallest absolute Gasteiger partial charge is 0.251 e. The van der Waals surface area contributed by atoms with Crippen molar-refractivity contribution in [1.29, 1.82) is 0 Å².